The molecular weight excluding hydrogens is 638 g/mol. The van der Waals surface area contributed by atoms with Gasteiger partial charge in [0.25, 0.3) is 20.2 Å². The van der Waals surface area contributed by atoms with Crippen LogP contribution in [0.1, 0.15) is 0 Å². The van der Waals surface area contributed by atoms with Gasteiger partial charge in [0, 0.05) is 13.1 Å². The number of carbonyl (C=O) groups is 2. The predicted molar refractivity (Wildman–Crippen MR) is 116 cm³/mol. The molecule has 20 nitrogen and oxygen atoms in total. The standard InChI is InChI=1S/2C8H17NO9S.Zn/c2*9-1-2-19(16,17)18-7(8(14)15)6(13)5(12)4(11)3-10;/h2*4-7,10-13H,1-3,9H2,(H,14,15);/q;;+2/p-2/t2*4-,5-,6+,7-;/m11./s1. The maximum Gasteiger partial charge on any atom is 2.00 e. The third kappa shape index (κ3) is 16.1. The second kappa shape index (κ2) is 20.0. The molecule has 39 heavy (non-hydrogen) atoms. The first kappa shape index (κ1) is 42.5. The Kier molecular flexibility index (Phi) is 21.7. The van der Waals surface area contributed by atoms with Crippen LogP contribution in [0.5, 0.6) is 0 Å². The molecule has 0 amide bonds. The molecule has 23 heteroatoms. The van der Waals surface area contributed by atoms with E-state index in [-0.39, 0.29) is 32.6 Å². The van der Waals surface area contributed by atoms with E-state index in [9.17, 15) is 57.1 Å². The van der Waals surface area contributed by atoms with Crippen molar-refractivity contribution in [2.75, 3.05) is 37.8 Å². The molecule has 0 radical (unpaired) electrons. The van der Waals surface area contributed by atoms with Crippen molar-refractivity contribution in [3.8, 4) is 0 Å². The first-order valence-corrected chi connectivity index (χ1v) is 13.4. The van der Waals surface area contributed by atoms with E-state index >= 15 is 0 Å². The van der Waals surface area contributed by atoms with Gasteiger partial charge in [-0.3, -0.25) is 8.37 Å². The van der Waals surface area contributed by atoms with Crippen LogP contribution in [0.25, 0.3) is 0 Å². The number of carboxylic acid groups (broad SMARTS) is 2. The van der Waals surface area contributed by atoms with Gasteiger partial charge in [-0.15, -0.1) is 0 Å². The van der Waals surface area contributed by atoms with E-state index in [1.54, 1.807) is 0 Å². The van der Waals surface area contributed by atoms with Gasteiger partial charge in [0.05, 0.1) is 36.7 Å². The van der Waals surface area contributed by atoms with Gasteiger partial charge >= 0.3 is 19.5 Å². The molecule has 0 rings (SSSR count). The number of carbonyl (C=O) groups excluding carboxylic acids is 2. The summed E-state index contributed by atoms with van der Waals surface area (Å²) in [5.41, 5.74) is 9.93. The summed E-state index contributed by atoms with van der Waals surface area (Å²) in [5.74, 6) is -5.64. The summed E-state index contributed by atoms with van der Waals surface area (Å²) in [6, 6.07) is 0. The minimum atomic E-state index is -4.35. The number of rotatable bonds is 18. The Hall–Kier alpha value is -1.02. The molecular formula is C16H32N2O18S2Zn. The van der Waals surface area contributed by atoms with Crippen molar-refractivity contribution < 1.29 is 105 Å². The largest absolute Gasteiger partial charge is 2.00 e. The van der Waals surface area contributed by atoms with Gasteiger partial charge in [0.2, 0.25) is 0 Å². The van der Waals surface area contributed by atoms with E-state index in [0.717, 1.165) is 0 Å². The van der Waals surface area contributed by atoms with Crippen LogP contribution < -0.4 is 21.7 Å². The maximum atomic E-state index is 11.2. The smallest absolute Gasteiger partial charge is 0.547 e. The third-order valence-corrected chi connectivity index (χ3v) is 6.66. The van der Waals surface area contributed by atoms with E-state index < -0.39 is 106 Å². The summed E-state index contributed by atoms with van der Waals surface area (Å²) in [4.78, 5) is 21.4. The van der Waals surface area contributed by atoms with Crippen LogP contribution in [0, 0.1) is 0 Å². The van der Waals surface area contributed by atoms with Crippen molar-refractivity contribution in [3.05, 3.63) is 0 Å². The monoisotopic (exact) mass is 668 g/mol. The van der Waals surface area contributed by atoms with Crippen molar-refractivity contribution in [3.63, 3.8) is 0 Å². The quantitative estimate of drug-likeness (QED) is 0.0478. The Morgan fingerprint density at radius 2 is 0.897 bits per heavy atom. The Morgan fingerprint density at radius 1 is 0.641 bits per heavy atom. The second-order valence-corrected chi connectivity index (χ2v) is 10.7. The Balaban J connectivity index is -0.000000648. The maximum absolute atomic E-state index is 11.2. The van der Waals surface area contributed by atoms with Crippen LogP contribution in [0.3, 0.4) is 0 Å². The van der Waals surface area contributed by atoms with Crippen molar-refractivity contribution in [2.45, 2.75) is 48.8 Å². The summed E-state index contributed by atoms with van der Waals surface area (Å²) < 4.78 is 53.1. The molecule has 0 aromatic carbocycles. The predicted octanol–water partition coefficient (Wildman–Crippen LogP) is -11.0. The molecule has 0 aliphatic carbocycles. The Morgan fingerprint density at radius 3 is 1.08 bits per heavy atom. The molecule has 0 aliphatic heterocycles. The van der Waals surface area contributed by atoms with Crippen LogP contribution in [0.4, 0.5) is 0 Å². The molecule has 0 bridgehead atoms. The molecule has 0 aromatic rings. The molecule has 0 aliphatic rings. The SMILES string of the molecule is NCCS(=O)(=O)O[C@@H](C(=O)[O-])[C@@H](O)[C@H](O)[C@H](O)CO.NCCS(=O)(=O)O[C@@H](C(=O)[O-])[C@@H](O)[C@H](O)[C@H](O)CO.[Zn+2]. The normalized spacial score (nSPS) is 18.1. The summed E-state index contributed by atoms with van der Waals surface area (Å²) in [6.07, 6.45) is -17.5. The van der Waals surface area contributed by atoms with Crippen molar-refractivity contribution in [2.24, 2.45) is 11.5 Å². The molecule has 0 heterocycles. The second-order valence-electron chi connectivity index (χ2n) is 7.23. The van der Waals surface area contributed by atoms with Crippen LogP contribution in [0.15, 0.2) is 0 Å². The summed E-state index contributed by atoms with van der Waals surface area (Å²) in [6.45, 7) is -2.65. The van der Waals surface area contributed by atoms with Gasteiger partial charge in [-0.2, -0.15) is 16.8 Å². The first-order valence-electron chi connectivity index (χ1n) is 10.3. The average molecular weight is 670 g/mol. The van der Waals surface area contributed by atoms with Gasteiger partial charge in [0.1, 0.15) is 48.8 Å². The number of hydrogen-bond acceptors (Lipinski definition) is 20. The minimum absolute atomic E-state index is 0. The fraction of sp³-hybridized carbons (Fsp3) is 0.875. The van der Waals surface area contributed by atoms with Crippen molar-refractivity contribution >= 4 is 32.2 Å². The van der Waals surface area contributed by atoms with Crippen LogP contribution >= 0.6 is 0 Å². The molecule has 0 unspecified atom stereocenters. The van der Waals surface area contributed by atoms with Gasteiger partial charge in [-0.25, -0.2) is 0 Å². The number of aliphatic hydroxyl groups is 8. The van der Waals surface area contributed by atoms with Crippen LogP contribution in [-0.2, 0) is 57.7 Å². The van der Waals surface area contributed by atoms with Gasteiger partial charge in [-0.05, 0) is 0 Å². The summed E-state index contributed by atoms with van der Waals surface area (Å²) >= 11 is 0. The number of aliphatic carboxylic acids is 2. The number of carboxylic acids is 2. The molecule has 12 N–H and O–H groups in total. The number of aliphatic hydroxyl groups excluding tert-OH is 8. The van der Waals surface area contributed by atoms with Crippen LogP contribution in [0.2, 0.25) is 0 Å². The first-order chi connectivity index (χ1) is 17.3. The van der Waals surface area contributed by atoms with Crippen molar-refractivity contribution in [1.29, 1.82) is 0 Å². The molecule has 228 valence electrons. The molecule has 8 atom stereocenters. The summed E-state index contributed by atoms with van der Waals surface area (Å²) in [7, 11) is -8.70. The fourth-order valence-corrected chi connectivity index (χ4v) is 3.99. The molecule has 0 saturated carbocycles. The van der Waals surface area contributed by atoms with E-state index in [0.29, 0.717) is 0 Å². The number of nitrogens with two attached hydrogens (primary N) is 2. The van der Waals surface area contributed by atoms with Gasteiger partial charge < -0.3 is 72.1 Å². The fourth-order valence-electron chi connectivity index (χ4n) is 2.20. The van der Waals surface area contributed by atoms with E-state index in [2.05, 4.69) is 8.37 Å². The minimum Gasteiger partial charge on any atom is -0.547 e. The van der Waals surface area contributed by atoms with Crippen molar-refractivity contribution in [1.82, 2.24) is 0 Å². The van der Waals surface area contributed by atoms with Crippen LogP contribution in [-0.4, -0.2) is 156 Å². The number of hydrogen-bond donors (Lipinski definition) is 10. The zero-order valence-corrected chi connectivity index (χ0v) is 24.8. The molecule has 0 aromatic heterocycles. The Bertz CT molecular complexity index is 848. The van der Waals surface area contributed by atoms with Gasteiger partial charge in [-0.1, -0.05) is 0 Å². The zero-order valence-electron chi connectivity index (χ0n) is 20.2. The molecule has 0 fully saturated rings. The topological polar surface area (TPSA) is 381 Å². The third-order valence-electron chi connectivity index (χ3n) is 4.18. The van der Waals surface area contributed by atoms with E-state index in [1.165, 1.54) is 0 Å². The van der Waals surface area contributed by atoms with E-state index in [4.69, 9.17) is 31.9 Å². The zero-order chi connectivity index (χ0) is 30.4. The Labute approximate surface area is 235 Å². The van der Waals surface area contributed by atoms with Gasteiger partial charge in [0.15, 0.2) is 0 Å². The average Bonchev–Trinajstić information content (AvgIpc) is 2.83. The molecule has 0 saturated heterocycles. The molecule has 0 spiro atoms. The summed E-state index contributed by atoms with van der Waals surface area (Å²) in [5, 5.41) is 93.9. The van der Waals surface area contributed by atoms with E-state index in [1.807, 2.05) is 0 Å².